The monoisotopic (exact) mass is 433 g/mol. The van der Waals surface area contributed by atoms with Gasteiger partial charge in [-0.25, -0.2) is 0 Å². The number of nitrogens with zero attached hydrogens (tertiary/aromatic N) is 1. The Morgan fingerprint density at radius 2 is 1.74 bits per heavy atom. The molecule has 3 amide bonds. The van der Waals surface area contributed by atoms with Gasteiger partial charge >= 0.3 is 0 Å². The van der Waals surface area contributed by atoms with Crippen molar-refractivity contribution in [2.45, 2.75) is 39.2 Å². The number of rotatable bonds is 10. The van der Waals surface area contributed by atoms with Gasteiger partial charge in [-0.15, -0.1) is 0 Å². The summed E-state index contributed by atoms with van der Waals surface area (Å²) in [6.07, 6.45) is 2.03. The van der Waals surface area contributed by atoms with E-state index in [-0.39, 0.29) is 29.6 Å². The van der Waals surface area contributed by atoms with E-state index in [4.69, 9.17) is 9.47 Å². The van der Waals surface area contributed by atoms with Crippen LogP contribution in [0.5, 0.6) is 5.75 Å². The molecule has 172 valence electrons. The first-order chi connectivity index (χ1) is 14.9. The number of benzene rings is 1. The standard InChI is InChI=1S/C23H35N3O5/c1-16(2)23(29)26-13-10-17(11-14-26)20(22(28)24-12-5-15-30-3)25-21(27)18-6-8-19(31-4)9-7-18/h6-9,16-17,20H,5,10-15H2,1-4H3,(H,24,28)(H,25,27). The molecule has 31 heavy (non-hydrogen) atoms. The Morgan fingerprint density at radius 3 is 2.29 bits per heavy atom. The molecule has 0 saturated carbocycles. The summed E-state index contributed by atoms with van der Waals surface area (Å²) in [5.74, 6) is 0.187. The molecule has 1 unspecified atom stereocenters. The van der Waals surface area contributed by atoms with Crippen LogP contribution in [0.3, 0.4) is 0 Å². The SMILES string of the molecule is COCCCNC(=O)C(NC(=O)c1ccc(OC)cc1)C1CCN(C(=O)C(C)C)CC1. The molecule has 1 atom stereocenters. The smallest absolute Gasteiger partial charge is 0.251 e. The number of ether oxygens (including phenoxy) is 2. The number of hydrogen-bond donors (Lipinski definition) is 2. The summed E-state index contributed by atoms with van der Waals surface area (Å²) in [7, 11) is 3.18. The first-order valence-electron chi connectivity index (χ1n) is 10.9. The van der Waals surface area contributed by atoms with Crippen LogP contribution in [-0.4, -0.2) is 69.1 Å². The van der Waals surface area contributed by atoms with E-state index in [0.717, 1.165) is 0 Å². The lowest BCUT2D eigenvalue weighted by molar-refractivity contribution is -0.136. The third kappa shape index (κ3) is 7.24. The molecule has 0 aromatic heterocycles. The number of piperidine rings is 1. The summed E-state index contributed by atoms with van der Waals surface area (Å²) < 4.78 is 10.2. The van der Waals surface area contributed by atoms with E-state index in [1.165, 1.54) is 0 Å². The predicted molar refractivity (Wildman–Crippen MR) is 118 cm³/mol. The first kappa shape index (κ1) is 24.7. The van der Waals surface area contributed by atoms with E-state index < -0.39 is 6.04 Å². The Kier molecular flexibility index (Phi) is 9.78. The minimum Gasteiger partial charge on any atom is -0.497 e. The molecular weight excluding hydrogens is 398 g/mol. The molecule has 1 aliphatic rings. The predicted octanol–water partition coefficient (Wildman–Crippen LogP) is 1.84. The Balaban J connectivity index is 2.06. The summed E-state index contributed by atoms with van der Waals surface area (Å²) >= 11 is 0. The van der Waals surface area contributed by atoms with Gasteiger partial charge < -0.3 is 25.0 Å². The lowest BCUT2D eigenvalue weighted by Gasteiger charge is -2.36. The normalized spacial score (nSPS) is 15.5. The van der Waals surface area contributed by atoms with Crippen molar-refractivity contribution in [3.8, 4) is 5.75 Å². The van der Waals surface area contributed by atoms with Gasteiger partial charge in [0.15, 0.2) is 0 Å². The van der Waals surface area contributed by atoms with Crippen LogP contribution >= 0.6 is 0 Å². The van der Waals surface area contributed by atoms with Gasteiger partial charge in [0.25, 0.3) is 5.91 Å². The van der Waals surface area contributed by atoms with E-state index in [1.54, 1.807) is 38.5 Å². The summed E-state index contributed by atoms with van der Waals surface area (Å²) in [5.41, 5.74) is 0.463. The van der Waals surface area contributed by atoms with E-state index in [2.05, 4.69) is 10.6 Å². The van der Waals surface area contributed by atoms with Crippen molar-refractivity contribution in [3.05, 3.63) is 29.8 Å². The summed E-state index contributed by atoms with van der Waals surface area (Å²) in [6.45, 7) is 5.99. The fourth-order valence-electron chi connectivity index (χ4n) is 3.72. The maximum absolute atomic E-state index is 12.9. The average Bonchev–Trinajstić information content (AvgIpc) is 2.79. The fourth-order valence-corrected chi connectivity index (χ4v) is 3.72. The van der Waals surface area contributed by atoms with Crippen LogP contribution < -0.4 is 15.4 Å². The van der Waals surface area contributed by atoms with Crippen LogP contribution in [0.4, 0.5) is 0 Å². The van der Waals surface area contributed by atoms with Crippen LogP contribution in [0.2, 0.25) is 0 Å². The number of nitrogens with one attached hydrogen (secondary N) is 2. The number of likely N-dealkylation sites (tertiary alicyclic amines) is 1. The second-order valence-electron chi connectivity index (χ2n) is 8.13. The molecule has 0 radical (unpaired) electrons. The number of carbonyl (C=O) groups excluding carboxylic acids is 3. The molecule has 1 aliphatic heterocycles. The lowest BCUT2D eigenvalue weighted by Crippen LogP contribution is -2.54. The maximum Gasteiger partial charge on any atom is 0.251 e. The Hall–Kier alpha value is -2.61. The molecule has 0 aliphatic carbocycles. The van der Waals surface area contributed by atoms with Gasteiger partial charge in [0.2, 0.25) is 11.8 Å². The zero-order valence-electron chi connectivity index (χ0n) is 19.0. The molecule has 1 aromatic rings. The highest BCUT2D eigenvalue weighted by Crippen LogP contribution is 2.23. The van der Waals surface area contributed by atoms with Crippen molar-refractivity contribution in [3.63, 3.8) is 0 Å². The van der Waals surface area contributed by atoms with Gasteiger partial charge in [0, 0.05) is 44.8 Å². The molecule has 1 heterocycles. The topological polar surface area (TPSA) is 97.0 Å². The molecule has 0 spiro atoms. The second kappa shape index (κ2) is 12.3. The summed E-state index contributed by atoms with van der Waals surface area (Å²) in [5, 5.41) is 5.83. The average molecular weight is 434 g/mol. The number of methoxy groups -OCH3 is 2. The Labute approximate surface area is 184 Å². The largest absolute Gasteiger partial charge is 0.497 e. The van der Waals surface area contributed by atoms with Gasteiger partial charge in [0.05, 0.1) is 7.11 Å². The highest BCUT2D eigenvalue weighted by atomic mass is 16.5. The quantitative estimate of drug-likeness (QED) is 0.549. The molecule has 1 aromatic carbocycles. The molecule has 8 heteroatoms. The third-order valence-corrected chi connectivity index (χ3v) is 5.56. The van der Waals surface area contributed by atoms with Crippen molar-refractivity contribution in [1.82, 2.24) is 15.5 Å². The van der Waals surface area contributed by atoms with Gasteiger partial charge in [-0.1, -0.05) is 13.8 Å². The second-order valence-corrected chi connectivity index (χ2v) is 8.13. The summed E-state index contributed by atoms with van der Waals surface area (Å²) in [4.78, 5) is 39.9. The number of hydrogen-bond acceptors (Lipinski definition) is 5. The third-order valence-electron chi connectivity index (χ3n) is 5.56. The zero-order valence-corrected chi connectivity index (χ0v) is 19.0. The van der Waals surface area contributed by atoms with E-state index >= 15 is 0 Å². The highest BCUT2D eigenvalue weighted by molar-refractivity contribution is 5.97. The van der Waals surface area contributed by atoms with Crippen molar-refractivity contribution in [2.24, 2.45) is 11.8 Å². The minimum atomic E-state index is -0.659. The van der Waals surface area contributed by atoms with E-state index in [0.29, 0.717) is 56.8 Å². The first-order valence-corrected chi connectivity index (χ1v) is 10.9. The Bertz CT molecular complexity index is 727. The van der Waals surface area contributed by atoms with Crippen molar-refractivity contribution >= 4 is 17.7 Å². The number of carbonyl (C=O) groups is 3. The fraction of sp³-hybridized carbons (Fsp3) is 0.609. The van der Waals surface area contributed by atoms with Crippen molar-refractivity contribution < 1.29 is 23.9 Å². The molecule has 2 rings (SSSR count). The molecule has 1 fully saturated rings. The van der Waals surface area contributed by atoms with Crippen LogP contribution in [0, 0.1) is 11.8 Å². The van der Waals surface area contributed by atoms with Gasteiger partial charge in [-0.2, -0.15) is 0 Å². The zero-order chi connectivity index (χ0) is 22.8. The van der Waals surface area contributed by atoms with Crippen LogP contribution in [-0.2, 0) is 14.3 Å². The van der Waals surface area contributed by atoms with Crippen molar-refractivity contribution in [1.29, 1.82) is 0 Å². The van der Waals surface area contributed by atoms with Gasteiger partial charge in [-0.3, -0.25) is 14.4 Å². The van der Waals surface area contributed by atoms with Gasteiger partial charge in [0.1, 0.15) is 11.8 Å². The van der Waals surface area contributed by atoms with Gasteiger partial charge in [-0.05, 0) is 49.4 Å². The Morgan fingerprint density at radius 1 is 1.10 bits per heavy atom. The van der Waals surface area contributed by atoms with Crippen LogP contribution in [0.1, 0.15) is 43.5 Å². The number of amides is 3. The molecule has 2 N–H and O–H groups in total. The molecule has 8 nitrogen and oxygen atoms in total. The van der Waals surface area contributed by atoms with Crippen LogP contribution in [0.15, 0.2) is 24.3 Å². The maximum atomic E-state index is 12.9. The highest BCUT2D eigenvalue weighted by Gasteiger charge is 2.34. The lowest BCUT2D eigenvalue weighted by atomic mass is 9.88. The van der Waals surface area contributed by atoms with E-state index in [1.807, 2.05) is 18.7 Å². The molecule has 1 saturated heterocycles. The van der Waals surface area contributed by atoms with Crippen LogP contribution in [0.25, 0.3) is 0 Å². The molecular formula is C23H35N3O5. The molecule has 0 bridgehead atoms. The summed E-state index contributed by atoms with van der Waals surface area (Å²) in [6, 6.07) is 6.11. The van der Waals surface area contributed by atoms with Crippen molar-refractivity contribution in [2.75, 3.05) is 40.5 Å². The minimum absolute atomic E-state index is 0.0409. The van der Waals surface area contributed by atoms with E-state index in [9.17, 15) is 14.4 Å².